The van der Waals surface area contributed by atoms with Crippen LogP contribution in [0.3, 0.4) is 0 Å². The van der Waals surface area contributed by atoms with E-state index in [0.717, 1.165) is 18.8 Å². The third-order valence-electron chi connectivity index (χ3n) is 4.60. The van der Waals surface area contributed by atoms with Crippen LogP contribution in [0.5, 0.6) is 11.5 Å². The Kier molecular flexibility index (Phi) is 4.82. The maximum Gasteiger partial charge on any atom is 0.314 e. The molecular weight excluding hydrogens is 346 g/mol. The zero-order valence-electron chi connectivity index (χ0n) is 14.9. The van der Waals surface area contributed by atoms with Crippen molar-refractivity contribution in [2.45, 2.75) is 12.8 Å². The van der Waals surface area contributed by atoms with Gasteiger partial charge in [0.05, 0.1) is 0 Å². The molecule has 0 unspecified atom stereocenters. The van der Waals surface area contributed by atoms with E-state index < -0.39 is 11.8 Å². The number of ether oxygens (including phenoxy) is 2. The number of amides is 2. The van der Waals surface area contributed by atoms with E-state index in [2.05, 4.69) is 15.5 Å². The highest BCUT2D eigenvalue weighted by Gasteiger charge is 2.17. The van der Waals surface area contributed by atoms with Crippen LogP contribution < -0.4 is 25.0 Å². The minimum absolute atomic E-state index is 0.457. The average molecular weight is 367 g/mol. The molecule has 0 atom stereocenters. The van der Waals surface area contributed by atoms with Gasteiger partial charge < -0.3 is 25.0 Å². The number of hydrogen-bond acceptors (Lipinski definition) is 5. The van der Waals surface area contributed by atoms with Crippen LogP contribution in [0.2, 0.25) is 0 Å². The van der Waals surface area contributed by atoms with Crippen LogP contribution in [0.1, 0.15) is 12.8 Å². The van der Waals surface area contributed by atoms with Crippen molar-refractivity contribution in [1.29, 1.82) is 0 Å². The predicted molar refractivity (Wildman–Crippen MR) is 103 cm³/mol. The molecule has 0 aromatic heterocycles. The quantitative estimate of drug-likeness (QED) is 0.816. The lowest BCUT2D eigenvalue weighted by molar-refractivity contribution is -0.133. The number of carbonyl (C=O) groups excluding carboxylic acids is 2. The SMILES string of the molecule is O=C(Nc1ccc(N2CCCC2)cc1)C(=O)Nc1ccc2c(c1)OCCO2. The molecule has 7 nitrogen and oxygen atoms in total. The molecule has 140 valence electrons. The maximum atomic E-state index is 12.2. The Bertz CT molecular complexity index is 845. The largest absolute Gasteiger partial charge is 0.486 e. The van der Waals surface area contributed by atoms with Gasteiger partial charge in [-0.15, -0.1) is 0 Å². The van der Waals surface area contributed by atoms with Crippen LogP contribution in [0.4, 0.5) is 17.1 Å². The molecule has 0 spiro atoms. The molecule has 2 aromatic carbocycles. The summed E-state index contributed by atoms with van der Waals surface area (Å²) in [5.74, 6) is -0.284. The van der Waals surface area contributed by atoms with Gasteiger partial charge in [-0.1, -0.05) is 0 Å². The van der Waals surface area contributed by atoms with Crippen molar-refractivity contribution < 1.29 is 19.1 Å². The van der Waals surface area contributed by atoms with Crippen molar-refractivity contribution in [3.05, 3.63) is 42.5 Å². The molecule has 2 aliphatic heterocycles. The van der Waals surface area contributed by atoms with Gasteiger partial charge in [0.25, 0.3) is 0 Å². The van der Waals surface area contributed by atoms with Gasteiger partial charge in [0.15, 0.2) is 11.5 Å². The number of fused-ring (bicyclic) bond motifs is 1. The molecule has 27 heavy (non-hydrogen) atoms. The molecular formula is C20H21N3O4. The fourth-order valence-corrected chi connectivity index (χ4v) is 3.23. The van der Waals surface area contributed by atoms with Gasteiger partial charge in [0.2, 0.25) is 0 Å². The first-order chi connectivity index (χ1) is 13.2. The first-order valence-electron chi connectivity index (χ1n) is 9.06. The summed E-state index contributed by atoms with van der Waals surface area (Å²) >= 11 is 0. The zero-order chi connectivity index (χ0) is 18.6. The number of nitrogens with zero attached hydrogens (tertiary/aromatic N) is 1. The molecule has 1 fully saturated rings. The fourth-order valence-electron chi connectivity index (χ4n) is 3.23. The molecule has 1 saturated heterocycles. The Morgan fingerprint density at radius 1 is 0.778 bits per heavy atom. The second kappa shape index (κ2) is 7.57. The summed E-state index contributed by atoms with van der Waals surface area (Å²) in [6.45, 7) is 3.07. The van der Waals surface area contributed by atoms with Crippen molar-refractivity contribution in [2.75, 3.05) is 41.8 Å². The van der Waals surface area contributed by atoms with Gasteiger partial charge in [0, 0.05) is 36.2 Å². The van der Waals surface area contributed by atoms with Gasteiger partial charge in [-0.25, -0.2) is 0 Å². The van der Waals surface area contributed by atoms with Gasteiger partial charge in [0.1, 0.15) is 13.2 Å². The molecule has 2 aromatic rings. The lowest BCUT2D eigenvalue weighted by Gasteiger charge is -2.19. The summed E-state index contributed by atoms with van der Waals surface area (Å²) in [5, 5.41) is 5.19. The Labute approximate surface area is 157 Å². The number of nitrogens with one attached hydrogen (secondary N) is 2. The summed E-state index contributed by atoms with van der Waals surface area (Å²) < 4.78 is 10.9. The average Bonchev–Trinajstić information content (AvgIpc) is 3.23. The van der Waals surface area contributed by atoms with Crippen LogP contribution in [0.15, 0.2) is 42.5 Å². The second-order valence-corrected chi connectivity index (χ2v) is 6.51. The Balaban J connectivity index is 1.35. The third-order valence-corrected chi connectivity index (χ3v) is 4.60. The Morgan fingerprint density at radius 3 is 2.07 bits per heavy atom. The highest BCUT2D eigenvalue weighted by molar-refractivity contribution is 6.43. The van der Waals surface area contributed by atoms with Crippen molar-refractivity contribution >= 4 is 28.9 Å². The monoisotopic (exact) mass is 367 g/mol. The van der Waals surface area contributed by atoms with E-state index in [0.29, 0.717) is 36.1 Å². The molecule has 0 aliphatic carbocycles. The molecule has 0 radical (unpaired) electrons. The topological polar surface area (TPSA) is 79.9 Å². The predicted octanol–water partition coefficient (Wildman–Crippen LogP) is 2.64. The van der Waals surface area contributed by atoms with Crippen molar-refractivity contribution in [2.24, 2.45) is 0 Å². The summed E-state index contributed by atoms with van der Waals surface area (Å²) in [5.41, 5.74) is 2.19. The molecule has 0 saturated carbocycles. The van der Waals surface area contributed by atoms with E-state index in [4.69, 9.17) is 9.47 Å². The Hall–Kier alpha value is -3.22. The van der Waals surface area contributed by atoms with Crippen molar-refractivity contribution in [3.63, 3.8) is 0 Å². The van der Waals surface area contributed by atoms with Crippen molar-refractivity contribution in [1.82, 2.24) is 0 Å². The van der Waals surface area contributed by atoms with E-state index in [1.165, 1.54) is 12.8 Å². The number of rotatable bonds is 3. The first-order valence-corrected chi connectivity index (χ1v) is 9.06. The van der Waals surface area contributed by atoms with E-state index in [-0.39, 0.29) is 0 Å². The smallest absolute Gasteiger partial charge is 0.314 e. The second-order valence-electron chi connectivity index (χ2n) is 6.51. The van der Waals surface area contributed by atoms with E-state index in [9.17, 15) is 9.59 Å². The molecule has 2 aliphatic rings. The number of anilines is 3. The van der Waals surface area contributed by atoms with Crippen LogP contribution in [0, 0.1) is 0 Å². The van der Waals surface area contributed by atoms with Crippen LogP contribution in [-0.4, -0.2) is 38.1 Å². The minimum Gasteiger partial charge on any atom is -0.486 e. The van der Waals surface area contributed by atoms with Crippen LogP contribution in [-0.2, 0) is 9.59 Å². The van der Waals surface area contributed by atoms with Gasteiger partial charge in [-0.2, -0.15) is 0 Å². The Morgan fingerprint density at radius 2 is 1.37 bits per heavy atom. The van der Waals surface area contributed by atoms with Gasteiger partial charge in [-0.05, 0) is 49.2 Å². The maximum absolute atomic E-state index is 12.2. The lowest BCUT2D eigenvalue weighted by atomic mass is 10.2. The molecule has 4 rings (SSSR count). The molecule has 7 heteroatoms. The summed E-state index contributed by atoms with van der Waals surface area (Å²) in [7, 11) is 0. The van der Waals surface area contributed by atoms with E-state index in [1.807, 2.05) is 24.3 Å². The summed E-state index contributed by atoms with van der Waals surface area (Å²) in [6, 6.07) is 12.6. The normalized spacial score (nSPS) is 15.3. The van der Waals surface area contributed by atoms with E-state index >= 15 is 0 Å². The van der Waals surface area contributed by atoms with Crippen molar-refractivity contribution in [3.8, 4) is 11.5 Å². The highest BCUT2D eigenvalue weighted by atomic mass is 16.6. The molecule has 2 amide bonds. The summed E-state index contributed by atoms with van der Waals surface area (Å²) in [4.78, 5) is 26.6. The number of carbonyl (C=O) groups is 2. The molecule has 0 bridgehead atoms. The molecule has 2 N–H and O–H groups in total. The minimum atomic E-state index is -0.740. The first kappa shape index (κ1) is 17.2. The lowest BCUT2D eigenvalue weighted by Crippen LogP contribution is -2.29. The van der Waals surface area contributed by atoms with Gasteiger partial charge in [-0.3, -0.25) is 9.59 Å². The third kappa shape index (κ3) is 3.97. The van der Waals surface area contributed by atoms with Crippen LogP contribution >= 0.6 is 0 Å². The highest BCUT2D eigenvalue weighted by Crippen LogP contribution is 2.32. The van der Waals surface area contributed by atoms with E-state index in [1.54, 1.807) is 18.2 Å². The zero-order valence-corrected chi connectivity index (χ0v) is 14.9. The van der Waals surface area contributed by atoms with Gasteiger partial charge >= 0.3 is 11.8 Å². The molecule has 2 heterocycles. The standard InChI is InChI=1S/C20H21N3O4/c24-19(21-14-3-6-16(7-4-14)23-9-1-2-10-23)20(25)22-15-5-8-17-18(13-15)27-12-11-26-17/h3-8,13H,1-2,9-12H2,(H,21,24)(H,22,25). The number of hydrogen-bond donors (Lipinski definition) is 2. The summed E-state index contributed by atoms with van der Waals surface area (Å²) in [6.07, 6.45) is 2.41. The fraction of sp³-hybridized carbons (Fsp3) is 0.300. The number of benzene rings is 2. The van der Waals surface area contributed by atoms with Crippen LogP contribution in [0.25, 0.3) is 0 Å².